The number of carboxylic acids is 1. The molecule has 0 saturated heterocycles. The second-order valence-corrected chi connectivity index (χ2v) is 4.96. The predicted octanol–water partition coefficient (Wildman–Crippen LogP) is 0.564. The Morgan fingerprint density at radius 1 is 1.55 bits per heavy atom. The molecule has 1 amide bonds. The molecule has 1 atom stereocenters. The molecule has 0 aromatic carbocycles. The lowest BCUT2D eigenvalue weighted by molar-refractivity contribution is -0.141. The van der Waals surface area contributed by atoms with Crippen LogP contribution in [0.5, 0.6) is 0 Å². The van der Waals surface area contributed by atoms with E-state index in [9.17, 15) is 9.59 Å². The summed E-state index contributed by atoms with van der Waals surface area (Å²) in [4.78, 5) is 23.4. The van der Waals surface area contributed by atoms with Crippen LogP contribution in [0.25, 0.3) is 5.69 Å². The number of amides is 1. The number of aliphatic carboxylic acids is 1. The number of rotatable bonds is 6. The highest BCUT2D eigenvalue weighted by molar-refractivity contribution is 7.12. The molecule has 0 aliphatic heterocycles. The zero-order chi connectivity index (χ0) is 14.5. The third-order valence-electron chi connectivity index (χ3n) is 2.80. The first-order chi connectivity index (χ1) is 9.63. The van der Waals surface area contributed by atoms with Crippen molar-refractivity contribution in [1.29, 1.82) is 0 Å². The van der Waals surface area contributed by atoms with Crippen molar-refractivity contribution in [2.24, 2.45) is 5.92 Å². The van der Waals surface area contributed by atoms with Crippen LogP contribution in [-0.4, -0.2) is 43.7 Å². The van der Waals surface area contributed by atoms with Crippen molar-refractivity contribution in [3.05, 3.63) is 22.7 Å². The van der Waals surface area contributed by atoms with E-state index in [1.807, 2.05) is 0 Å². The number of thiophene rings is 1. The number of aromatic nitrogens is 4. The van der Waals surface area contributed by atoms with Gasteiger partial charge in [0.1, 0.15) is 11.2 Å². The van der Waals surface area contributed by atoms with E-state index in [0.29, 0.717) is 17.0 Å². The first-order valence-electron chi connectivity index (χ1n) is 5.95. The van der Waals surface area contributed by atoms with Gasteiger partial charge in [0.05, 0.1) is 11.6 Å². The van der Waals surface area contributed by atoms with Gasteiger partial charge in [-0.2, -0.15) is 4.68 Å². The summed E-state index contributed by atoms with van der Waals surface area (Å²) < 4.78 is 1.39. The van der Waals surface area contributed by atoms with E-state index in [-0.39, 0.29) is 12.5 Å². The number of carbonyl (C=O) groups is 2. The minimum atomic E-state index is -0.917. The first kappa shape index (κ1) is 14.1. The lowest BCUT2D eigenvalue weighted by Gasteiger charge is -2.11. The van der Waals surface area contributed by atoms with E-state index >= 15 is 0 Å². The summed E-state index contributed by atoms with van der Waals surface area (Å²) in [5.41, 5.74) is 0.570. The number of carbonyl (C=O) groups excluding carboxylic acids is 1. The van der Waals surface area contributed by atoms with E-state index in [1.54, 1.807) is 18.4 Å². The van der Waals surface area contributed by atoms with E-state index in [2.05, 4.69) is 20.8 Å². The highest BCUT2D eigenvalue weighted by Crippen LogP contribution is 2.19. The maximum Gasteiger partial charge on any atom is 0.308 e. The van der Waals surface area contributed by atoms with Crippen molar-refractivity contribution in [3.63, 3.8) is 0 Å². The van der Waals surface area contributed by atoms with Gasteiger partial charge in [-0.25, -0.2) is 0 Å². The molecule has 0 saturated carbocycles. The molecule has 0 radical (unpaired) electrons. The third-order valence-corrected chi connectivity index (χ3v) is 3.70. The Morgan fingerprint density at radius 2 is 2.35 bits per heavy atom. The monoisotopic (exact) mass is 295 g/mol. The Morgan fingerprint density at radius 3 is 2.95 bits per heavy atom. The largest absolute Gasteiger partial charge is 0.481 e. The molecular formula is C11H13N5O3S. The zero-order valence-electron chi connectivity index (χ0n) is 10.7. The highest BCUT2D eigenvalue weighted by atomic mass is 32.1. The van der Waals surface area contributed by atoms with Crippen LogP contribution in [0.3, 0.4) is 0 Å². The standard InChI is InChI=1S/C11H13N5O3S/c1-2-7(11(18)19)5-12-10(17)9-8(3-4-20-9)16-6-13-14-15-16/h3-4,6-7H,2,5H2,1H3,(H,12,17)(H,18,19). The Balaban J connectivity index is 2.07. The molecule has 8 nitrogen and oxygen atoms in total. The van der Waals surface area contributed by atoms with Gasteiger partial charge in [-0.15, -0.1) is 16.4 Å². The molecule has 1 unspecified atom stereocenters. The second-order valence-electron chi connectivity index (χ2n) is 4.04. The lowest BCUT2D eigenvalue weighted by atomic mass is 10.1. The smallest absolute Gasteiger partial charge is 0.308 e. The molecule has 0 spiro atoms. The Bertz CT molecular complexity index is 595. The second kappa shape index (κ2) is 6.24. The molecule has 0 fully saturated rings. The molecule has 106 valence electrons. The maximum absolute atomic E-state index is 12.1. The van der Waals surface area contributed by atoms with Gasteiger partial charge >= 0.3 is 5.97 Å². The van der Waals surface area contributed by atoms with E-state index in [0.717, 1.165) is 0 Å². The molecule has 2 N–H and O–H groups in total. The molecule has 2 aromatic heterocycles. The maximum atomic E-state index is 12.1. The van der Waals surface area contributed by atoms with Gasteiger partial charge in [0.15, 0.2) is 0 Å². The van der Waals surface area contributed by atoms with Crippen LogP contribution in [0.2, 0.25) is 0 Å². The van der Waals surface area contributed by atoms with Gasteiger partial charge in [0.2, 0.25) is 0 Å². The number of hydrogen-bond donors (Lipinski definition) is 2. The molecule has 9 heteroatoms. The average molecular weight is 295 g/mol. The van der Waals surface area contributed by atoms with Gasteiger partial charge in [-0.3, -0.25) is 9.59 Å². The number of nitrogens with zero attached hydrogens (tertiary/aromatic N) is 4. The molecule has 2 heterocycles. The van der Waals surface area contributed by atoms with Gasteiger partial charge in [-0.05, 0) is 28.3 Å². The summed E-state index contributed by atoms with van der Waals surface area (Å²) in [6.07, 6.45) is 1.85. The SMILES string of the molecule is CCC(CNC(=O)c1sccc1-n1cnnn1)C(=O)O. The Hall–Kier alpha value is -2.29. The summed E-state index contributed by atoms with van der Waals surface area (Å²) >= 11 is 1.25. The summed E-state index contributed by atoms with van der Waals surface area (Å²) in [6.45, 7) is 1.86. The van der Waals surface area contributed by atoms with Gasteiger partial charge in [-0.1, -0.05) is 6.92 Å². The minimum Gasteiger partial charge on any atom is -0.481 e. The molecule has 20 heavy (non-hydrogen) atoms. The molecular weight excluding hydrogens is 282 g/mol. The first-order valence-corrected chi connectivity index (χ1v) is 6.83. The van der Waals surface area contributed by atoms with Gasteiger partial charge < -0.3 is 10.4 Å². The van der Waals surface area contributed by atoms with Crippen molar-refractivity contribution in [3.8, 4) is 5.69 Å². The van der Waals surface area contributed by atoms with Crippen molar-refractivity contribution in [2.45, 2.75) is 13.3 Å². The minimum absolute atomic E-state index is 0.0949. The fraction of sp³-hybridized carbons (Fsp3) is 0.364. The van der Waals surface area contributed by atoms with Gasteiger partial charge in [0.25, 0.3) is 5.91 Å². The quantitative estimate of drug-likeness (QED) is 0.806. The Labute approximate surface area is 118 Å². The molecule has 0 bridgehead atoms. The predicted molar refractivity (Wildman–Crippen MR) is 70.8 cm³/mol. The molecule has 2 rings (SSSR count). The average Bonchev–Trinajstić information content (AvgIpc) is 3.09. The van der Waals surface area contributed by atoms with Crippen LogP contribution >= 0.6 is 11.3 Å². The van der Waals surface area contributed by atoms with Crippen LogP contribution < -0.4 is 5.32 Å². The number of tetrazole rings is 1. The highest BCUT2D eigenvalue weighted by Gasteiger charge is 2.19. The Kier molecular flexibility index (Phi) is 4.41. The zero-order valence-corrected chi connectivity index (χ0v) is 11.5. The van der Waals surface area contributed by atoms with Crippen LogP contribution in [0.4, 0.5) is 0 Å². The topological polar surface area (TPSA) is 110 Å². The lowest BCUT2D eigenvalue weighted by Crippen LogP contribution is -2.32. The number of hydrogen-bond acceptors (Lipinski definition) is 6. The van der Waals surface area contributed by atoms with Crippen LogP contribution in [0.15, 0.2) is 17.8 Å². The normalized spacial score (nSPS) is 12.1. The van der Waals surface area contributed by atoms with Crippen LogP contribution in [-0.2, 0) is 4.79 Å². The third kappa shape index (κ3) is 2.99. The van der Waals surface area contributed by atoms with Crippen LogP contribution in [0, 0.1) is 5.92 Å². The van der Waals surface area contributed by atoms with E-state index in [1.165, 1.54) is 22.3 Å². The molecule has 0 aliphatic rings. The molecule has 2 aromatic rings. The number of nitrogens with one attached hydrogen (secondary N) is 1. The summed E-state index contributed by atoms with van der Waals surface area (Å²) in [7, 11) is 0. The van der Waals surface area contributed by atoms with Crippen LogP contribution in [0.1, 0.15) is 23.0 Å². The summed E-state index contributed by atoms with van der Waals surface area (Å²) in [5.74, 6) is -1.83. The fourth-order valence-electron chi connectivity index (χ4n) is 1.63. The van der Waals surface area contributed by atoms with Crippen molar-refractivity contribution < 1.29 is 14.7 Å². The van der Waals surface area contributed by atoms with E-state index < -0.39 is 11.9 Å². The van der Waals surface area contributed by atoms with Gasteiger partial charge in [0, 0.05) is 6.54 Å². The number of carboxylic acid groups (broad SMARTS) is 1. The van der Waals surface area contributed by atoms with Crippen molar-refractivity contribution >= 4 is 23.2 Å². The fourth-order valence-corrected chi connectivity index (χ4v) is 2.42. The summed E-state index contributed by atoms with van der Waals surface area (Å²) in [6, 6.07) is 1.73. The molecule has 0 aliphatic carbocycles. The summed E-state index contributed by atoms with van der Waals surface area (Å²) in [5, 5.41) is 24.1. The van der Waals surface area contributed by atoms with Crippen molar-refractivity contribution in [2.75, 3.05) is 6.54 Å². The van der Waals surface area contributed by atoms with E-state index in [4.69, 9.17) is 5.11 Å². The van der Waals surface area contributed by atoms with Crippen molar-refractivity contribution in [1.82, 2.24) is 25.5 Å².